The Labute approximate surface area is 157 Å². The fourth-order valence-corrected chi connectivity index (χ4v) is 4.33. The van der Waals surface area contributed by atoms with E-state index in [1.165, 1.54) is 54.5 Å². The molecule has 1 aliphatic heterocycles. The number of likely N-dealkylation sites (tertiary alicyclic amines) is 1. The van der Waals surface area contributed by atoms with Crippen molar-refractivity contribution in [3.63, 3.8) is 0 Å². The number of thiazole rings is 1. The summed E-state index contributed by atoms with van der Waals surface area (Å²) in [6.07, 6.45) is 5.60. The highest BCUT2D eigenvalue weighted by molar-refractivity contribution is 7.11. The van der Waals surface area contributed by atoms with E-state index in [9.17, 15) is 0 Å². The van der Waals surface area contributed by atoms with Crippen LogP contribution >= 0.6 is 11.3 Å². The van der Waals surface area contributed by atoms with Gasteiger partial charge in [-0.3, -0.25) is 4.99 Å². The summed E-state index contributed by atoms with van der Waals surface area (Å²) in [6, 6.07) is 0.541. The van der Waals surface area contributed by atoms with Gasteiger partial charge in [-0.25, -0.2) is 4.98 Å². The summed E-state index contributed by atoms with van der Waals surface area (Å²) in [5.41, 5.74) is 1.24. The molecule has 5 nitrogen and oxygen atoms in total. The maximum atomic E-state index is 4.77. The van der Waals surface area contributed by atoms with Crippen LogP contribution in [0.4, 0.5) is 0 Å². The molecule has 1 saturated heterocycles. The largest absolute Gasteiger partial charge is 0.357 e. The summed E-state index contributed by atoms with van der Waals surface area (Å²) in [5, 5.41) is 8.23. The Hall–Kier alpha value is -1.14. The summed E-state index contributed by atoms with van der Waals surface area (Å²) in [7, 11) is 0. The molecule has 0 amide bonds. The second-order valence-corrected chi connectivity index (χ2v) is 8.02. The third-order valence-electron chi connectivity index (χ3n) is 4.68. The molecule has 25 heavy (non-hydrogen) atoms. The predicted octanol–water partition coefficient (Wildman–Crippen LogP) is 2.99. The predicted molar refractivity (Wildman–Crippen MR) is 109 cm³/mol. The molecule has 0 saturated carbocycles. The van der Waals surface area contributed by atoms with Gasteiger partial charge in [0.15, 0.2) is 5.96 Å². The molecule has 0 aromatic carbocycles. The van der Waals surface area contributed by atoms with Crippen LogP contribution in [0.2, 0.25) is 0 Å². The van der Waals surface area contributed by atoms with Crippen molar-refractivity contribution < 1.29 is 0 Å². The van der Waals surface area contributed by atoms with E-state index in [1.54, 1.807) is 0 Å². The van der Waals surface area contributed by atoms with Crippen molar-refractivity contribution in [2.24, 2.45) is 4.99 Å². The number of guanidine groups is 1. The first kappa shape index (κ1) is 20.2. The van der Waals surface area contributed by atoms with Gasteiger partial charge in [-0.05, 0) is 46.1 Å². The van der Waals surface area contributed by atoms with Crippen molar-refractivity contribution in [2.75, 3.05) is 32.7 Å². The van der Waals surface area contributed by atoms with E-state index in [0.717, 1.165) is 31.9 Å². The lowest BCUT2D eigenvalue weighted by molar-refractivity contribution is 0.206. The molecule has 1 aliphatic rings. The van der Waals surface area contributed by atoms with E-state index in [0.29, 0.717) is 6.04 Å². The smallest absolute Gasteiger partial charge is 0.191 e. The maximum Gasteiger partial charge on any atom is 0.191 e. The van der Waals surface area contributed by atoms with Crippen molar-refractivity contribution in [1.29, 1.82) is 0 Å². The molecule has 6 heteroatoms. The van der Waals surface area contributed by atoms with Gasteiger partial charge in [-0.1, -0.05) is 13.8 Å². The fourth-order valence-electron chi connectivity index (χ4n) is 3.32. The van der Waals surface area contributed by atoms with Gasteiger partial charge in [0.05, 0.1) is 10.7 Å². The number of nitrogens with zero attached hydrogens (tertiary/aromatic N) is 3. The molecule has 0 aliphatic carbocycles. The van der Waals surface area contributed by atoms with Crippen LogP contribution in [-0.4, -0.2) is 54.6 Å². The summed E-state index contributed by atoms with van der Waals surface area (Å²) in [4.78, 5) is 13.4. The first-order valence-corrected chi connectivity index (χ1v) is 10.7. The van der Waals surface area contributed by atoms with Crippen LogP contribution in [-0.2, 0) is 12.8 Å². The number of aromatic nitrogens is 1. The number of nitrogens with one attached hydrogen (secondary N) is 2. The summed E-state index contributed by atoms with van der Waals surface area (Å²) >= 11 is 1.82. The highest BCUT2D eigenvalue weighted by atomic mass is 32.1. The highest BCUT2D eigenvalue weighted by Gasteiger charge is 2.19. The number of hydrogen-bond acceptors (Lipinski definition) is 4. The molecular formula is C19H35N5S. The molecule has 2 rings (SSSR count). The van der Waals surface area contributed by atoms with E-state index in [-0.39, 0.29) is 0 Å². The van der Waals surface area contributed by atoms with E-state index >= 15 is 0 Å². The van der Waals surface area contributed by atoms with Crippen molar-refractivity contribution in [1.82, 2.24) is 20.5 Å². The van der Waals surface area contributed by atoms with Crippen LogP contribution in [0, 0.1) is 6.92 Å². The van der Waals surface area contributed by atoms with Gasteiger partial charge in [0.2, 0.25) is 0 Å². The van der Waals surface area contributed by atoms with E-state index in [1.807, 2.05) is 11.3 Å². The first-order chi connectivity index (χ1) is 12.2. The third kappa shape index (κ3) is 6.59. The zero-order chi connectivity index (χ0) is 18.1. The SMILES string of the molecule is CCCN1CCC(NC(=NCCc2nc(CC)c(C)s2)NCC)CC1. The van der Waals surface area contributed by atoms with Crippen molar-refractivity contribution >= 4 is 17.3 Å². The van der Waals surface area contributed by atoms with Crippen LogP contribution in [0.5, 0.6) is 0 Å². The molecule has 0 radical (unpaired) electrons. The fraction of sp³-hybridized carbons (Fsp3) is 0.789. The van der Waals surface area contributed by atoms with Crippen molar-refractivity contribution in [3.05, 3.63) is 15.6 Å². The molecular weight excluding hydrogens is 330 g/mol. The summed E-state index contributed by atoms with van der Waals surface area (Å²) < 4.78 is 0. The lowest BCUT2D eigenvalue weighted by Crippen LogP contribution is -2.48. The van der Waals surface area contributed by atoms with Gasteiger partial charge >= 0.3 is 0 Å². The molecule has 0 atom stereocenters. The summed E-state index contributed by atoms with van der Waals surface area (Å²) in [6.45, 7) is 14.0. The number of aliphatic imine (C=N–C) groups is 1. The highest BCUT2D eigenvalue weighted by Crippen LogP contribution is 2.18. The zero-order valence-electron chi connectivity index (χ0n) is 16.4. The molecule has 1 fully saturated rings. The Morgan fingerprint density at radius 1 is 1.28 bits per heavy atom. The lowest BCUT2D eigenvalue weighted by atomic mass is 10.1. The van der Waals surface area contributed by atoms with E-state index in [2.05, 4.69) is 43.2 Å². The Morgan fingerprint density at radius 3 is 2.64 bits per heavy atom. The van der Waals surface area contributed by atoms with Crippen LogP contribution < -0.4 is 10.6 Å². The van der Waals surface area contributed by atoms with Gasteiger partial charge in [-0.2, -0.15) is 0 Å². The van der Waals surface area contributed by atoms with Gasteiger partial charge in [-0.15, -0.1) is 11.3 Å². The van der Waals surface area contributed by atoms with Crippen molar-refractivity contribution in [3.8, 4) is 0 Å². The Bertz CT molecular complexity index is 532. The van der Waals surface area contributed by atoms with E-state index in [4.69, 9.17) is 9.98 Å². The Morgan fingerprint density at radius 2 is 2.04 bits per heavy atom. The molecule has 0 unspecified atom stereocenters. The van der Waals surface area contributed by atoms with Crippen LogP contribution in [0.25, 0.3) is 0 Å². The van der Waals surface area contributed by atoms with Crippen molar-refractivity contribution in [2.45, 2.75) is 65.8 Å². The van der Waals surface area contributed by atoms with E-state index < -0.39 is 0 Å². The monoisotopic (exact) mass is 365 g/mol. The maximum absolute atomic E-state index is 4.77. The molecule has 2 N–H and O–H groups in total. The van der Waals surface area contributed by atoms with Crippen LogP contribution in [0.15, 0.2) is 4.99 Å². The molecule has 0 spiro atoms. The molecule has 0 bridgehead atoms. The third-order valence-corrected chi connectivity index (χ3v) is 5.75. The standard InChI is InChI=1S/C19H35N5S/c1-5-12-24-13-9-16(10-14-24)22-19(20-7-3)21-11-8-18-23-17(6-2)15(4)25-18/h16H,5-14H2,1-4H3,(H2,20,21,22). The number of hydrogen-bond donors (Lipinski definition) is 2. The number of piperidine rings is 1. The normalized spacial score (nSPS) is 17.0. The average molecular weight is 366 g/mol. The molecule has 1 aromatic heterocycles. The Kier molecular flexibility index (Phi) is 8.68. The second kappa shape index (κ2) is 10.8. The van der Waals surface area contributed by atoms with Gasteiger partial charge in [0.1, 0.15) is 0 Å². The van der Waals surface area contributed by atoms with Gasteiger partial charge < -0.3 is 15.5 Å². The minimum absolute atomic E-state index is 0.541. The molecule has 2 heterocycles. The molecule has 142 valence electrons. The number of aryl methyl sites for hydroxylation is 2. The minimum Gasteiger partial charge on any atom is -0.357 e. The minimum atomic E-state index is 0.541. The lowest BCUT2D eigenvalue weighted by Gasteiger charge is -2.32. The molecule has 1 aromatic rings. The Balaban J connectivity index is 1.81. The van der Waals surface area contributed by atoms with Gasteiger partial charge in [0, 0.05) is 43.5 Å². The number of rotatable bonds is 8. The quantitative estimate of drug-likeness (QED) is 0.549. The van der Waals surface area contributed by atoms with Crippen LogP contribution in [0.1, 0.15) is 55.6 Å². The topological polar surface area (TPSA) is 52.5 Å². The van der Waals surface area contributed by atoms with Crippen LogP contribution in [0.3, 0.4) is 0 Å². The zero-order valence-corrected chi connectivity index (χ0v) is 17.2. The average Bonchev–Trinajstić information content (AvgIpc) is 2.97. The first-order valence-electron chi connectivity index (χ1n) is 9.88. The summed E-state index contributed by atoms with van der Waals surface area (Å²) in [5.74, 6) is 0.959. The van der Waals surface area contributed by atoms with Gasteiger partial charge in [0.25, 0.3) is 0 Å². The second-order valence-electron chi connectivity index (χ2n) is 6.73.